The Morgan fingerprint density at radius 1 is 1.27 bits per heavy atom. The van der Waals surface area contributed by atoms with Gasteiger partial charge in [0.05, 0.1) is 20.0 Å². The number of carbonyl (C=O) groups is 3. The zero-order chi connectivity index (χ0) is 19.3. The number of hydrogen-bond donors (Lipinski definition) is 3. The molecule has 1 saturated heterocycles. The summed E-state index contributed by atoms with van der Waals surface area (Å²) in [4.78, 5) is 35.3. The van der Waals surface area contributed by atoms with Gasteiger partial charge in [0.15, 0.2) is 6.23 Å². The quantitative estimate of drug-likeness (QED) is 0.456. The summed E-state index contributed by atoms with van der Waals surface area (Å²) in [6.45, 7) is -0.293. The van der Waals surface area contributed by atoms with Crippen molar-refractivity contribution in [2.75, 3.05) is 13.7 Å². The van der Waals surface area contributed by atoms with Gasteiger partial charge in [0.25, 0.3) is 0 Å². The lowest BCUT2D eigenvalue weighted by Crippen LogP contribution is -2.40. The Morgan fingerprint density at radius 2 is 1.96 bits per heavy atom. The van der Waals surface area contributed by atoms with Gasteiger partial charge in [-0.2, -0.15) is 0 Å². The molecule has 4 N–H and O–H groups in total. The summed E-state index contributed by atoms with van der Waals surface area (Å²) >= 11 is 0. The fraction of sp³-hybridized carbons (Fsp3) is 0.562. The summed E-state index contributed by atoms with van der Waals surface area (Å²) in [5.74, 6) is -1.79. The van der Waals surface area contributed by atoms with Crippen LogP contribution in [0.4, 0.5) is 0 Å². The molecule has 4 atom stereocenters. The molecule has 2 aliphatic heterocycles. The van der Waals surface area contributed by atoms with Crippen LogP contribution in [0.2, 0.25) is 0 Å². The van der Waals surface area contributed by atoms with Gasteiger partial charge in [0, 0.05) is 18.0 Å². The average Bonchev–Trinajstić information content (AvgIpc) is 2.92. The van der Waals surface area contributed by atoms with Crippen molar-refractivity contribution in [3.8, 4) is 0 Å². The lowest BCUT2D eigenvalue weighted by molar-refractivity contribution is -0.153. The van der Waals surface area contributed by atoms with Crippen LogP contribution in [0.25, 0.3) is 0 Å². The van der Waals surface area contributed by atoms with Gasteiger partial charge >= 0.3 is 11.9 Å². The Labute approximate surface area is 149 Å². The Kier molecular flexibility index (Phi) is 6.72. The van der Waals surface area contributed by atoms with E-state index in [4.69, 9.17) is 15.2 Å². The van der Waals surface area contributed by atoms with Crippen LogP contribution in [0.5, 0.6) is 0 Å². The number of amides is 1. The molecule has 10 heteroatoms. The molecule has 1 amide bonds. The topological polar surface area (TPSA) is 149 Å². The number of ether oxygens (including phenoxy) is 3. The second-order valence-corrected chi connectivity index (χ2v) is 5.86. The van der Waals surface area contributed by atoms with Crippen LogP contribution in [-0.4, -0.2) is 71.2 Å². The molecule has 1 unspecified atom stereocenters. The van der Waals surface area contributed by atoms with Crippen molar-refractivity contribution < 1.29 is 38.8 Å². The highest BCUT2D eigenvalue weighted by atomic mass is 16.6. The van der Waals surface area contributed by atoms with Crippen molar-refractivity contribution in [3.05, 3.63) is 24.0 Å². The Hall–Kier alpha value is -2.43. The van der Waals surface area contributed by atoms with Crippen molar-refractivity contribution in [3.63, 3.8) is 0 Å². The minimum atomic E-state index is -1.30. The maximum absolute atomic E-state index is 11.6. The number of esters is 2. The number of hydrogen-bond acceptors (Lipinski definition) is 9. The van der Waals surface area contributed by atoms with Gasteiger partial charge in [-0.05, 0) is 6.42 Å². The van der Waals surface area contributed by atoms with Gasteiger partial charge in [0.1, 0.15) is 24.9 Å². The predicted octanol–water partition coefficient (Wildman–Crippen LogP) is -1.48. The largest absolute Gasteiger partial charge is 0.469 e. The van der Waals surface area contributed by atoms with Crippen molar-refractivity contribution in [2.45, 2.75) is 43.8 Å². The number of nitrogens with zero attached hydrogens (tertiary/aromatic N) is 1. The van der Waals surface area contributed by atoms with E-state index < -0.39 is 42.4 Å². The van der Waals surface area contributed by atoms with Crippen LogP contribution < -0.4 is 5.73 Å². The zero-order valence-corrected chi connectivity index (χ0v) is 14.2. The summed E-state index contributed by atoms with van der Waals surface area (Å²) in [5, 5.41) is 20.3. The number of rotatable bonds is 7. The second kappa shape index (κ2) is 8.79. The van der Waals surface area contributed by atoms with E-state index in [2.05, 4.69) is 4.74 Å². The van der Waals surface area contributed by atoms with Crippen molar-refractivity contribution >= 4 is 17.8 Å². The molecule has 0 aromatic carbocycles. The molecular weight excluding hydrogens is 348 g/mol. The van der Waals surface area contributed by atoms with Crippen LogP contribution in [0, 0.1) is 0 Å². The van der Waals surface area contributed by atoms with E-state index in [1.54, 1.807) is 12.3 Å². The number of aliphatic hydroxyl groups excluding tert-OH is 2. The van der Waals surface area contributed by atoms with Crippen LogP contribution >= 0.6 is 0 Å². The number of nitrogens with two attached hydrogens (primary N) is 1. The van der Waals surface area contributed by atoms with Crippen LogP contribution in [0.3, 0.4) is 0 Å². The maximum Gasteiger partial charge on any atom is 0.306 e. The fourth-order valence-corrected chi connectivity index (χ4v) is 2.57. The minimum Gasteiger partial charge on any atom is -0.469 e. The molecule has 0 aromatic heterocycles. The van der Waals surface area contributed by atoms with Gasteiger partial charge in [-0.3, -0.25) is 14.4 Å². The summed E-state index contributed by atoms with van der Waals surface area (Å²) in [7, 11) is 1.21. The Bertz CT molecular complexity index is 617. The first-order valence-corrected chi connectivity index (χ1v) is 8.02. The highest BCUT2D eigenvalue weighted by Crippen LogP contribution is 2.27. The number of primary amides is 1. The van der Waals surface area contributed by atoms with Crippen LogP contribution in [0.1, 0.15) is 19.3 Å². The van der Waals surface area contributed by atoms with E-state index in [0.29, 0.717) is 12.0 Å². The molecule has 2 aliphatic rings. The summed E-state index contributed by atoms with van der Waals surface area (Å²) in [5.41, 5.74) is 5.58. The van der Waals surface area contributed by atoms with E-state index in [1.807, 2.05) is 0 Å². The summed E-state index contributed by atoms with van der Waals surface area (Å²) in [6, 6.07) is 0. The lowest BCUT2D eigenvalue weighted by atomic mass is 10.1. The Balaban J connectivity index is 1.90. The van der Waals surface area contributed by atoms with Crippen molar-refractivity contribution in [2.24, 2.45) is 5.73 Å². The first-order chi connectivity index (χ1) is 12.3. The molecule has 26 heavy (non-hydrogen) atoms. The molecule has 10 nitrogen and oxygen atoms in total. The standard InChI is InChI=1S/C16H22N2O8/c1-24-11(19)4-5-12(20)25-8-10-13(21)14(22)16(26-10)18-6-2-3-9(7-18)15(17)23/h2,6-7,10,13-14,16,21-22H,3-5,8H2,1H3,(H2,17,23)/t10?,13-,14-,16-/m1/s1. The molecule has 0 radical (unpaired) electrons. The minimum absolute atomic E-state index is 0.117. The van der Waals surface area contributed by atoms with Crippen molar-refractivity contribution in [1.29, 1.82) is 0 Å². The van der Waals surface area contributed by atoms with E-state index in [9.17, 15) is 24.6 Å². The molecule has 2 rings (SSSR count). The third-order valence-electron chi connectivity index (χ3n) is 4.04. The first-order valence-electron chi connectivity index (χ1n) is 8.02. The molecule has 144 valence electrons. The number of aliphatic hydroxyl groups is 2. The highest BCUT2D eigenvalue weighted by molar-refractivity contribution is 5.92. The molecule has 0 saturated carbocycles. The molecule has 0 spiro atoms. The third-order valence-corrected chi connectivity index (χ3v) is 4.04. The fourth-order valence-electron chi connectivity index (χ4n) is 2.57. The highest BCUT2D eigenvalue weighted by Gasteiger charge is 2.45. The Morgan fingerprint density at radius 3 is 2.62 bits per heavy atom. The zero-order valence-electron chi connectivity index (χ0n) is 14.2. The van der Waals surface area contributed by atoms with E-state index in [1.165, 1.54) is 18.2 Å². The van der Waals surface area contributed by atoms with E-state index >= 15 is 0 Å². The molecule has 2 heterocycles. The number of methoxy groups -OCH3 is 1. The first kappa shape index (κ1) is 19.9. The van der Waals surface area contributed by atoms with Crippen molar-refractivity contribution in [1.82, 2.24) is 4.90 Å². The molecular formula is C16H22N2O8. The maximum atomic E-state index is 11.6. The van der Waals surface area contributed by atoms with Gasteiger partial charge in [0.2, 0.25) is 5.91 Å². The van der Waals surface area contributed by atoms with Gasteiger partial charge in [-0.25, -0.2) is 0 Å². The normalized spacial score (nSPS) is 27.8. The van der Waals surface area contributed by atoms with Crippen LogP contribution in [-0.2, 0) is 28.6 Å². The molecule has 1 fully saturated rings. The second-order valence-electron chi connectivity index (χ2n) is 5.86. The average molecular weight is 370 g/mol. The molecule has 0 bridgehead atoms. The van der Waals surface area contributed by atoms with Gasteiger partial charge in [-0.1, -0.05) is 6.08 Å². The monoisotopic (exact) mass is 370 g/mol. The molecule has 0 aromatic rings. The van der Waals surface area contributed by atoms with Gasteiger partial charge < -0.3 is 35.1 Å². The number of carbonyl (C=O) groups excluding carboxylic acids is 3. The summed E-state index contributed by atoms with van der Waals surface area (Å²) in [6.07, 6.45) is 0.269. The summed E-state index contributed by atoms with van der Waals surface area (Å²) < 4.78 is 14.9. The van der Waals surface area contributed by atoms with Gasteiger partial charge in [-0.15, -0.1) is 0 Å². The molecule has 0 aliphatic carbocycles. The van der Waals surface area contributed by atoms with E-state index in [0.717, 1.165) is 0 Å². The van der Waals surface area contributed by atoms with Crippen LogP contribution in [0.15, 0.2) is 24.0 Å². The third kappa shape index (κ3) is 4.81. The SMILES string of the molecule is COC(=O)CCC(=O)OCC1O[C@@H](N2C=CCC(C(N)=O)=C2)[C@H](O)[C@@H]1O. The smallest absolute Gasteiger partial charge is 0.306 e. The number of allylic oxidation sites excluding steroid dienone is 1. The van der Waals surface area contributed by atoms with E-state index in [-0.39, 0.29) is 19.4 Å². The predicted molar refractivity (Wildman–Crippen MR) is 85.8 cm³/mol. The lowest BCUT2D eigenvalue weighted by Gasteiger charge is -2.28.